The van der Waals surface area contributed by atoms with E-state index in [1.165, 1.54) is 24.9 Å². The highest BCUT2D eigenvalue weighted by atomic mass is 16.5. The Labute approximate surface area is 120 Å². The van der Waals surface area contributed by atoms with Gasteiger partial charge in [0.15, 0.2) is 0 Å². The molecule has 0 bridgehead atoms. The fourth-order valence-corrected chi connectivity index (χ4v) is 2.94. The highest BCUT2D eigenvalue weighted by Gasteiger charge is 2.24. The molecule has 0 spiro atoms. The van der Waals surface area contributed by atoms with Crippen molar-refractivity contribution in [2.45, 2.75) is 32.0 Å². The monoisotopic (exact) mass is 271 g/mol. The van der Waals surface area contributed by atoms with Crippen LogP contribution >= 0.6 is 0 Å². The first-order valence-corrected chi connectivity index (χ1v) is 7.19. The number of likely N-dealkylation sites (tertiary alicyclic amines) is 1. The fourth-order valence-electron chi connectivity index (χ4n) is 2.94. The number of hydrogen-bond acceptors (Lipinski definition) is 3. The quantitative estimate of drug-likeness (QED) is 0.837. The van der Waals surface area contributed by atoms with Crippen LogP contribution in [0.15, 0.2) is 42.7 Å². The Morgan fingerprint density at radius 3 is 3.10 bits per heavy atom. The van der Waals surface area contributed by atoms with Crippen LogP contribution in [0, 0.1) is 0 Å². The molecule has 1 fully saturated rings. The molecule has 0 aliphatic carbocycles. The van der Waals surface area contributed by atoms with Crippen LogP contribution in [0.3, 0.4) is 0 Å². The summed E-state index contributed by atoms with van der Waals surface area (Å²) in [5.74, 6) is 0.935. The van der Waals surface area contributed by atoms with Crippen molar-refractivity contribution < 1.29 is 4.74 Å². The van der Waals surface area contributed by atoms with Gasteiger partial charge in [0.05, 0.1) is 13.7 Å². The number of benzene rings is 1. The number of ether oxygens (including phenoxy) is 1. The van der Waals surface area contributed by atoms with Crippen molar-refractivity contribution in [3.8, 4) is 5.75 Å². The van der Waals surface area contributed by atoms with E-state index in [0.29, 0.717) is 6.04 Å². The predicted octanol–water partition coefficient (Wildman–Crippen LogP) is 2.56. The van der Waals surface area contributed by atoms with Crippen molar-refractivity contribution in [2.24, 2.45) is 0 Å². The Kier molecular flexibility index (Phi) is 4.02. The Balaban J connectivity index is 1.66. The van der Waals surface area contributed by atoms with Crippen molar-refractivity contribution in [3.05, 3.63) is 48.3 Å². The molecule has 0 radical (unpaired) electrons. The van der Waals surface area contributed by atoms with E-state index in [-0.39, 0.29) is 0 Å². The van der Waals surface area contributed by atoms with Crippen LogP contribution in [0.5, 0.6) is 5.75 Å². The normalized spacial score (nSPS) is 19.4. The predicted molar refractivity (Wildman–Crippen MR) is 78.7 cm³/mol. The average molecular weight is 271 g/mol. The van der Waals surface area contributed by atoms with Crippen LogP contribution in [0.25, 0.3) is 0 Å². The van der Waals surface area contributed by atoms with Crippen molar-refractivity contribution in [1.82, 2.24) is 14.7 Å². The molecule has 1 atom stereocenters. The van der Waals surface area contributed by atoms with E-state index in [1.807, 2.05) is 29.2 Å². The first-order valence-electron chi connectivity index (χ1n) is 7.19. The second-order valence-electron chi connectivity index (χ2n) is 5.35. The molecular formula is C16H21N3O. The van der Waals surface area contributed by atoms with Gasteiger partial charge in [-0.3, -0.25) is 9.58 Å². The maximum atomic E-state index is 5.30. The van der Waals surface area contributed by atoms with E-state index in [0.717, 1.165) is 18.8 Å². The highest BCUT2D eigenvalue weighted by Crippen LogP contribution is 2.22. The van der Waals surface area contributed by atoms with Crippen LogP contribution in [0.1, 0.15) is 18.4 Å². The SMILES string of the molecule is COc1cccc(CN2CCCC2Cn2cccn2)c1. The van der Waals surface area contributed by atoms with Gasteiger partial charge in [0.1, 0.15) is 5.75 Å². The first kappa shape index (κ1) is 13.2. The van der Waals surface area contributed by atoms with E-state index >= 15 is 0 Å². The molecule has 3 rings (SSSR count). The first-order chi connectivity index (χ1) is 9.85. The van der Waals surface area contributed by atoms with Gasteiger partial charge in [0.25, 0.3) is 0 Å². The number of methoxy groups -OCH3 is 1. The summed E-state index contributed by atoms with van der Waals surface area (Å²) in [4.78, 5) is 2.55. The molecule has 1 saturated heterocycles. The molecule has 1 aliphatic rings. The third-order valence-corrected chi connectivity index (χ3v) is 3.98. The third kappa shape index (κ3) is 3.02. The van der Waals surface area contributed by atoms with E-state index in [2.05, 4.69) is 28.2 Å². The Morgan fingerprint density at radius 1 is 1.35 bits per heavy atom. The summed E-state index contributed by atoms with van der Waals surface area (Å²) in [6.45, 7) is 3.14. The second-order valence-corrected chi connectivity index (χ2v) is 5.35. The summed E-state index contributed by atoms with van der Waals surface area (Å²) >= 11 is 0. The van der Waals surface area contributed by atoms with Gasteiger partial charge in [-0.25, -0.2) is 0 Å². The number of aromatic nitrogens is 2. The number of nitrogens with zero attached hydrogens (tertiary/aromatic N) is 3. The summed E-state index contributed by atoms with van der Waals surface area (Å²) in [5, 5.41) is 4.32. The van der Waals surface area contributed by atoms with Crippen LogP contribution in [-0.4, -0.2) is 34.4 Å². The smallest absolute Gasteiger partial charge is 0.119 e. The number of hydrogen-bond donors (Lipinski definition) is 0. The largest absolute Gasteiger partial charge is 0.497 e. The molecule has 1 unspecified atom stereocenters. The number of rotatable bonds is 5. The Hall–Kier alpha value is -1.81. The molecule has 0 amide bonds. The second kappa shape index (κ2) is 6.09. The van der Waals surface area contributed by atoms with Crippen molar-refractivity contribution in [3.63, 3.8) is 0 Å². The molecule has 2 heterocycles. The minimum Gasteiger partial charge on any atom is -0.497 e. The Morgan fingerprint density at radius 2 is 2.30 bits per heavy atom. The maximum Gasteiger partial charge on any atom is 0.119 e. The van der Waals surface area contributed by atoms with Gasteiger partial charge in [0, 0.05) is 25.0 Å². The van der Waals surface area contributed by atoms with E-state index in [1.54, 1.807) is 7.11 Å². The van der Waals surface area contributed by atoms with Crippen molar-refractivity contribution in [2.75, 3.05) is 13.7 Å². The molecule has 20 heavy (non-hydrogen) atoms. The molecule has 1 aromatic carbocycles. The van der Waals surface area contributed by atoms with Gasteiger partial charge in [-0.05, 0) is 43.1 Å². The molecule has 1 aliphatic heterocycles. The maximum absolute atomic E-state index is 5.30. The molecule has 4 nitrogen and oxygen atoms in total. The van der Waals surface area contributed by atoms with Gasteiger partial charge in [-0.2, -0.15) is 5.10 Å². The van der Waals surface area contributed by atoms with Crippen molar-refractivity contribution >= 4 is 0 Å². The summed E-state index contributed by atoms with van der Waals surface area (Å²) in [5.41, 5.74) is 1.32. The van der Waals surface area contributed by atoms with Crippen LogP contribution < -0.4 is 4.74 Å². The summed E-state index contributed by atoms with van der Waals surface area (Å²) in [6.07, 6.45) is 6.42. The lowest BCUT2D eigenvalue weighted by molar-refractivity contribution is 0.219. The zero-order valence-electron chi connectivity index (χ0n) is 11.9. The standard InChI is InChI=1S/C16H21N3O/c1-20-16-7-2-5-14(11-16)12-18-9-3-6-15(18)13-19-10-4-8-17-19/h2,4-5,7-8,10-11,15H,3,6,9,12-13H2,1H3. The van der Waals surface area contributed by atoms with Crippen molar-refractivity contribution in [1.29, 1.82) is 0 Å². The Bertz CT molecular complexity index is 538. The van der Waals surface area contributed by atoms with Gasteiger partial charge in [-0.1, -0.05) is 12.1 Å². The highest BCUT2D eigenvalue weighted by molar-refractivity contribution is 5.28. The lowest BCUT2D eigenvalue weighted by Crippen LogP contribution is -2.32. The van der Waals surface area contributed by atoms with Crippen LogP contribution in [0.4, 0.5) is 0 Å². The van der Waals surface area contributed by atoms with E-state index < -0.39 is 0 Å². The zero-order chi connectivity index (χ0) is 13.8. The van der Waals surface area contributed by atoms with E-state index in [4.69, 9.17) is 4.74 Å². The lowest BCUT2D eigenvalue weighted by Gasteiger charge is -2.24. The molecule has 2 aromatic rings. The van der Waals surface area contributed by atoms with E-state index in [9.17, 15) is 0 Å². The zero-order valence-corrected chi connectivity index (χ0v) is 11.9. The third-order valence-electron chi connectivity index (χ3n) is 3.98. The molecular weight excluding hydrogens is 250 g/mol. The lowest BCUT2D eigenvalue weighted by atomic mass is 10.1. The molecule has 4 heteroatoms. The topological polar surface area (TPSA) is 30.3 Å². The molecule has 0 saturated carbocycles. The van der Waals surface area contributed by atoms with Crippen LogP contribution in [0.2, 0.25) is 0 Å². The van der Waals surface area contributed by atoms with Gasteiger partial charge in [0.2, 0.25) is 0 Å². The van der Waals surface area contributed by atoms with Gasteiger partial charge >= 0.3 is 0 Å². The summed E-state index contributed by atoms with van der Waals surface area (Å²) in [7, 11) is 1.72. The average Bonchev–Trinajstić information content (AvgIpc) is 3.12. The minimum absolute atomic E-state index is 0.584. The van der Waals surface area contributed by atoms with Gasteiger partial charge < -0.3 is 4.74 Å². The molecule has 1 aromatic heterocycles. The fraction of sp³-hybridized carbons (Fsp3) is 0.438. The van der Waals surface area contributed by atoms with Crippen LogP contribution in [-0.2, 0) is 13.1 Å². The minimum atomic E-state index is 0.584. The molecule has 0 N–H and O–H groups in total. The van der Waals surface area contributed by atoms with Gasteiger partial charge in [-0.15, -0.1) is 0 Å². The summed E-state index contributed by atoms with van der Waals surface area (Å²) in [6, 6.07) is 10.9. The summed E-state index contributed by atoms with van der Waals surface area (Å²) < 4.78 is 7.34. The molecule has 106 valence electrons.